The number of hydrogen-bond donors (Lipinski definition) is 1. The highest BCUT2D eigenvalue weighted by atomic mass is 16.2. The highest BCUT2D eigenvalue weighted by Crippen LogP contribution is 2.20. The number of carbonyl (C=O) groups excluding carboxylic acids is 1. The van der Waals surface area contributed by atoms with Gasteiger partial charge in [0.15, 0.2) is 0 Å². The molecule has 130 valence electrons. The Morgan fingerprint density at radius 2 is 2.00 bits per heavy atom. The van der Waals surface area contributed by atoms with Crippen LogP contribution in [0.4, 0.5) is 0 Å². The molecule has 0 unspecified atom stereocenters. The Morgan fingerprint density at radius 1 is 1.29 bits per heavy atom. The SMILES string of the molecule is C[C@H](N)[C@H]1CCCCN1C(=O)CCn1c(=O)n(C)c2ccccc21. The molecule has 0 radical (unpaired) electrons. The van der Waals surface area contributed by atoms with Gasteiger partial charge in [-0.15, -0.1) is 0 Å². The summed E-state index contributed by atoms with van der Waals surface area (Å²) in [5, 5.41) is 0. The van der Waals surface area contributed by atoms with Crippen LogP contribution in [0.3, 0.4) is 0 Å². The van der Waals surface area contributed by atoms with Gasteiger partial charge in [-0.2, -0.15) is 0 Å². The molecule has 1 fully saturated rings. The van der Waals surface area contributed by atoms with Crippen molar-refractivity contribution in [1.82, 2.24) is 14.0 Å². The zero-order chi connectivity index (χ0) is 17.3. The van der Waals surface area contributed by atoms with Crippen LogP contribution in [0, 0.1) is 0 Å². The lowest BCUT2D eigenvalue weighted by Crippen LogP contribution is -2.51. The smallest absolute Gasteiger partial charge is 0.328 e. The van der Waals surface area contributed by atoms with Gasteiger partial charge in [0, 0.05) is 38.6 Å². The number of hydrogen-bond acceptors (Lipinski definition) is 3. The number of fused-ring (bicyclic) bond motifs is 1. The van der Waals surface area contributed by atoms with E-state index in [1.165, 1.54) is 0 Å². The van der Waals surface area contributed by atoms with Crippen LogP contribution in [-0.2, 0) is 18.4 Å². The van der Waals surface area contributed by atoms with Crippen molar-refractivity contribution in [3.05, 3.63) is 34.7 Å². The normalized spacial score (nSPS) is 19.6. The second kappa shape index (κ2) is 6.81. The summed E-state index contributed by atoms with van der Waals surface area (Å²) in [7, 11) is 1.76. The zero-order valence-corrected chi connectivity index (χ0v) is 14.4. The molecular formula is C18H26N4O2. The molecule has 2 atom stereocenters. The first-order chi connectivity index (χ1) is 11.5. The van der Waals surface area contributed by atoms with E-state index in [1.54, 1.807) is 16.2 Å². The number of aryl methyl sites for hydroxylation is 2. The minimum atomic E-state index is -0.0774. The molecule has 1 aliphatic heterocycles. The number of carbonyl (C=O) groups is 1. The Hall–Kier alpha value is -2.08. The maximum atomic E-state index is 12.7. The average Bonchev–Trinajstić information content (AvgIpc) is 2.84. The highest BCUT2D eigenvalue weighted by Gasteiger charge is 2.29. The lowest BCUT2D eigenvalue weighted by molar-refractivity contribution is -0.135. The van der Waals surface area contributed by atoms with Gasteiger partial charge in [0.25, 0.3) is 0 Å². The molecule has 2 heterocycles. The lowest BCUT2D eigenvalue weighted by atomic mass is 9.96. The molecule has 1 aromatic heterocycles. The van der Waals surface area contributed by atoms with E-state index in [0.29, 0.717) is 13.0 Å². The summed E-state index contributed by atoms with van der Waals surface area (Å²) in [6.07, 6.45) is 3.46. The number of para-hydroxylation sites is 2. The molecule has 0 saturated carbocycles. The molecule has 1 aromatic carbocycles. The summed E-state index contributed by atoms with van der Waals surface area (Å²) in [5.74, 6) is 0.0943. The first kappa shape index (κ1) is 16.8. The van der Waals surface area contributed by atoms with Gasteiger partial charge < -0.3 is 10.6 Å². The van der Waals surface area contributed by atoms with Crippen molar-refractivity contribution in [1.29, 1.82) is 0 Å². The van der Waals surface area contributed by atoms with E-state index < -0.39 is 0 Å². The number of benzene rings is 1. The standard InChI is InChI=1S/C18H26N4O2/c1-13(19)14-7-5-6-11-21(14)17(23)10-12-22-16-9-4-3-8-15(16)20(2)18(22)24/h3-4,8-9,13-14H,5-7,10-12,19H2,1-2H3/t13-,14+/m0/s1. The molecule has 1 saturated heterocycles. The van der Waals surface area contributed by atoms with E-state index in [-0.39, 0.29) is 23.7 Å². The summed E-state index contributed by atoms with van der Waals surface area (Å²) in [4.78, 5) is 27.0. The first-order valence-electron chi connectivity index (χ1n) is 8.70. The monoisotopic (exact) mass is 330 g/mol. The molecule has 6 heteroatoms. The van der Waals surface area contributed by atoms with Gasteiger partial charge in [-0.3, -0.25) is 13.9 Å². The molecule has 1 aliphatic rings. The molecule has 0 spiro atoms. The zero-order valence-electron chi connectivity index (χ0n) is 14.4. The van der Waals surface area contributed by atoms with Gasteiger partial charge in [-0.1, -0.05) is 12.1 Å². The fourth-order valence-electron chi connectivity index (χ4n) is 3.74. The van der Waals surface area contributed by atoms with Crippen LogP contribution in [0.1, 0.15) is 32.6 Å². The van der Waals surface area contributed by atoms with Crippen LogP contribution in [0.25, 0.3) is 11.0 Å². The Morgan fingerprint density at radius 3 is 2.71 bits per heavy atom. The van der Waals surface area contributed by atoms with Crippen LogP contribution in [0.15, 0.2) is 29.1 Å². The maximum absolute atomic E-state index is 12.7. The minimum absolute atomic E-state index is 0.0190. The van der Waals surface area contributed by atoms with Gasteiger partial charge in [0.05, 0.1) is 11.0 Å². The van der Waals surface area contributed by atoms with Gasteiger partial charge >= 0.3 is 5.69 Å². The van der Waals surface area contributed by atoms with E-state index in [0.717, 1.165) is 36.8 Å². The van der Waals surface area contributed by atoms with E-state index in [9.17, 15) is 9.59 Å². The summed E-state index contributed by atoms with van der Waals surface area (Å²) >= 11 is 0. The summed E-state index contributed by atoms with van der Waals surface area (Å²) in [6, 6.07) is 7.78. The number of aromatic nitrogens is 2. The third kappa shape index (κ3) is 2.98. The largest absolute Gasteiger partial charge is 0.338 e. The predicted molar refractivity (Wildman–Crippen MR) is 94.8 cm³/mol. The number of amides is 1. The van der Waals surface area contributed by atoms with Crippen molar-refractivity contribution >= 4 is 16.9 Å². The molecule has 2 N–H and O–H groups in total. The molecule has 3 rings (SSSR count). The van der Waals surface area contributed by atoms with Crippen molar-refractivity contribution in [3.8, 4) is 0 Å². The quantitative estimate of drug-likeness (QED) is 0.922. The van der Waals surface area contributed by atoms with Crippen LogP contribution < -0.4 is 11.4 Å². The third-order valence-corrected chi connectivity index (χ3v) is 5.08. The molecule has 6 nitrogen and oxygen atoms in total. The van der Waals surface area contributed by atoms with E-state index in [1.807, 2.05) is 36.1 Å². The number of nitrogens with zero attached hydrogens (tertiary/aromatic N) is 3. The topological polar surface area (TPSA) is 73.3 Å². The van der Waals surface area contributed by atoms with E-state index in [2.05, 4.69) is 0 Å². The Labute approximate surface area is 141 Å². The van der Waals surface area contributed by atoms with Gasteiger partial charge in [0.2, 0.25) is 5.91 Å². The number of imidazole rings is 1. The second-order valence-electron chi connectivity index (χ2n) is 6.74. The van der Waals surface area contributed by atoms with Crippen LogP contribution in [0.2, 0.25) is 0 Å². The predicted octanol–water partition coefficient (Wildman–Crippen LogP) is 1.46. The number of nitrogens with two attached hydrogens (primary N) is 1. The summed E-state index contributed by atoms with van der Waals surface area (Å²) < 4.78 is 3.32. The van der Waals surface area contributed by atoms with Gasteiger partial charge in [-0.25, -0.2) is 4.79 Å². The molecule has 24 heavy (non-hydrogen) atoms. The lowest BCUT2D eigenvalue weighted by Gasteiger charge is -2.38. The molecule has 1 amide bonds. The van der Waals surface area contributed by atoms with Crippen LogP contribution >= 0.6 is 0 Å². The minimum Gasteiger partial charge on any atom is -0.338 e. The first-order valence-corrected chi connectivity index (χ1v) is 8.70. The molecule has 0 aliphatic carbocycles. The van der Waals surface area contributed by atoms with Crippen molar-refractivity contribution in [2.45, 2.75) is 51.2 Å². The van der Waals surface area contributed by atoms with Crippen LogP contribution in [0.5, 0.6) is 0 Å². The maximum Gasteiger partial charge on any atom is 0.328 e. The Kier molecular flexibility index (Phi) is 4.76. The molecular weight excluding hydrogens is 304 g/mol. The third-order valence-electron chi connectivity index (χ3n) is 5.08. The number of rotatable bonds is 4. The Balaban J connectivity index is 1.77. The van der Waals surface area contributed by atoms with Crippen molar-refractivity contribution < 1.29 is 4.79 Å². The molecule has 0 bridgehead atoms. The fraction of sp³-hybridized carbons (Fsp3) is 0.556. The van der Waals surface area contributed by atoms with Crippen LogP contribution in [-0.4, -0.2) is 38.6 Å². The summed E-state index contributed by atoms with van der Waals surface area (Å²) in [6.45, 7) is 3.14. The highest BCUT2D eigenvalue weighted by molar-refractivity contribution is 5.78. The Bertz CT molecular complexity index is 790. The van der Waals surface area contributed by atoms with Gasteiger partial charge in [0.1, 0.15) is 0 Å². The number of likely N-dealkylation sites (tertiary alicyclic amines) is 1. The van der Waals surface area contributed by atoms with Gasteiger partial charge in [-0.05, 0) is 38.3 Å². The fourth-order valence-corrected chi connectivity index (χ4v) is 3.74. The number of piperidine rings is 1. The van der Waals surface area contributed by atoms with E-state index >= 15 is 0 Å². The summed E-state index contributed by atoms with van der Waals surface area (Å²) in [5.41, 5.74) is 7.74. The van der Waals surface area contributed by atoms with Crippen molar-refractivity contribution in [2.75, 3.05) is 6.54 Å². The van der Waals surface area contributed by atoms with Crippen molar-refractivity contribution in [3.63, 3.8) is 0 Å². The van der Waals surface area contributed by atoms with E-state index in [4.69, 9.17) is 5.73 Å². The average molecular weight is 330 g/mol. The second-order valence-corrected chi connectivity index (χ2v) is 6.74. The molecule has 2 aromatic rings. The van der Waals surface area contributed by atoms with Crippen molar-refractivity contribution in [2.24, 2.45) is 12.8 Å².